The lowest BCUT2D eigenvalue weighted by Crippen LogP contribution is -2.43. The molecule has 0 amide bonds. The molecule has 18 heavy (non-hydrogen) atoms. The van der Waals surface area contributed by atoms with Gasteiger partial charge in [-0.15, -0.1) is 0 Å². The molecule has 0 aliphatic heterocycles. The van der Waals surface area contributed by atoms with E-state index in [1.165, 1.54) is 0 Å². The Bertz CT molecular complexity index is 370. The first kappa shape index (κ1) is 15.4. The van der Waals surface area contributed by atoms with Crippen molar-refractivity contribution in [2.24, 2.45) is 5.41 Å². The fraction of sp³-hybridized carbons (Fsp3) is 0.917. The lowest BCUT2D eigenvalue weighted by Gasteiger charge is -2.28. The largest absolute Gasteiger partial charge is 0.481 e. The minimum atomic E-state index is -3.33. The molecular formula is C12H23NO4S. The third kappa shape index (κ3) is 4.24. The molecule has 0 heterocycles. The molecule has 6 heteroatoms. The van der Waals surface area contributed by atoms with E-state index in [1.807, 2.05) is 0 Å². The van der Waals surface area contributed by atoms with E-state index < -0.39 is 21.4 Å². The Labute approximate surface area is 109 Å². The Morgan fingerprint density at radius 3 is 2.22 bits per heavy atom. The molecule has 0 radical (unpaired) electrons. The molecule has 0 atom stereocenters. The van der Waals surface area contributed by atoms with E-state index >= 15 is 0 Å². The van der Waals surface area contributed by atoms with E-state index in [0.717, 1.165) is 25.7 Å². The van der Waals surface area contributed by atoms with Crippen molar-refractivity contribution < 1.29 is 18.3 Å². The summed E-state index contributed by atoms with van der Waals surface area (Å²) < 4.78 is 25.7. The maximum absolute atomic E-state index is 11.6. The van der Waals surface area contributed by atoms with Crippen molar-refractivity contribution in [2.45, 2.75) is 51.9 Å². The molecule has 1 aliphatic carbocycles. The highest BCUT2D eigenvalue weighted by molar-refractivity contribution is 7.89. The Morgan fingerprint density at radius 1 is 1.22 bits per heavy atom. The molecule has 0 saturated heterocycles. The summed E-state index contributed by atoms with van der Waals surface area (Å²) in [6, 6.07) is 0. The minimum Gasteiger partial charge on any atom is -0.481 e. The number of nitrogens with one attached hydrogen (secondary N) is 1. The van der Waals surface area contributed by atoms with E-state index in [2.05, 4.69) is 4.72 Å². The van der Waals surface area contributed by atoms with Crippen LogP contribution in [0.2, 0.25) is 0 Å². The fourth-order valence-corrected chi connectivity index (χ4v) is 3.64. The summed E-state index contributed by atoms with van der Waals surface area (Å²) in [5, 5.41) is 9.41. The van der Waals surface area contributed by atoms with Crippen LogP contribution in [-0.4, -0.2) is 31.8 Å². The molecule has 0 spiro atoms. The van der Waals surface area contributed by atoms with Crippen molar-refractivity contribution in [1.29, 1.82) is 0 Å². The van der Waals surface area contributed by atoms with Crippen molar-refractivity contribution in [2.75, 3.05) is 12.3 Å². The first-order valence-electron chi connectivity index (χ1n) is 6.63. The number of hydrogen-bond acceptors (Lipinski definition) is 3. The standard InChI is InChI=1S/C12H23NO4S/c1-2-9-18(16,17)13-10-12(11(14)15)7-5-3-4-6-8-12/h13H,2-10H2,1H3,(H,14,15). The zero-order chi connectivity index (χ0) is 13.6. The van der Waals surface area contributed by atoms with Crippen LogP contribution < -0.4 is 4.72 Å². The quantitative estimate of drug-likeness (QED) is 0.724. The first-order chi connectivity index (χ1) is 8.42. The van der Waals surface area contributed by atoms with Gasteiger partial charge in [0, 0.05) is 6.54 Å². The normalized spacial score (nSPS) is 20.3. The molecule has 0 aromatic carbocycles. The van der Waals surface area contributed by atoms with E-state index in [-0.39, 0.29) is 12.3 Å². The van der Waals surface area contributed by atoms with Gasteiger partial charge in [0.2, 0.25) is 10.0 Å². The molecule has 0 aromatic heterocycles. The van der Waals surface area contributed by atoms with Crippen molar-refractivity contribution >= 4 is 16.0 Å². The minimum absolute atomic E-state index is 0.0324. The highest BCUT2D eigenvalue weighted by Crippen LogP contribution is 2.35. The second-order valence-corrected chi connectivity index (χ2v) is 7.07. The highest BCUT2D eigenvalue weighted by atomic mass is 32.2. The second-order valence-electron chi connectivity index (χ2n) is 5.14. The first-order valence-corrected chi connectivity index (χ1v) is 8.28. The Hall–Kier alpha value is -0.620. The van der Waals surface area contributed by atoms with Gasteiger partial charge < -0.3 is 5.11 Å². The summed E-state index contributed by atoms with van der Waals surface area (Å²) >= 11 is 0. The molecule has 5 nitrogen and oxygen atoms in total. The predicted octanol–water partition coefficient (Wildman–Crippen LogP) is 1.74. The van der Waals surface area contributed by atoms with Gasteiger partial charge in [0.1, 0.15) is 0 Å². The number of rotatable bonds is 6. The van der Waals surface area contributed by atoms with Crippen LogP contribution in [0.1, 0.15) is 51.9 Å². The zero-order valence-corrected chi connectivity index (χ0v) is 11.8. The van der Waals surface area contributed by atoms with Gasteiger partial charge >= 0.3 is 5.97 Å². The summed E-state index contributed by atoms with van der Waals surface area (Å²) in [6.45, 7) is 1.82. The van der Waals surface area contributed by atoms with Crippen LogP contribution in [0, 0.1) is 5.41 Å². The van der Waals surface area contributed by atoms with Crippen LogP contribution in [0.25, 0.3) is 0 Å². The molecule has 0 aromatic rings. The SMILES string of the molecule is CCCS(=O)(=O)NCC1(C(=O)O)CCCCCC1. The maximum Gasteiger partial charge on any atom is 0.310 e. The second kappa shape index (κ2) is 6.52. The molecule has 0 unspecified atom stereocenters. The van der Waals surface area contributed by atoms with Gasteiger partial charge in [0.05, 0.1) is 11.2 Å². The van der Waals surface area contributed by atoms with Gasteiger partial charge in [0.15, 0.2) is 0 Å². The lowest BCUT2D eigenvalue weighted by molar-refractivity contribution is -0.149. The number of carboxylic acids is 1. The monoisotopic (exact) mass is 277 g/mol. The molecule has 1 rings (SSSR count). The summed E-state index contributed by atoms with van der Waals surface area (Å²) in [5.41, 5.74) is -0.905. The predicted molar refractivity (Wildman–Crippen MR) is 69.9 cm³/mol. The van der Waals surface area contributed by atoms with Gasteiger partial charge in [0.25, 0.3) is 0 Å². The van der Waals surface area contributed by atoms with Crippen LogP contribution in [0.15, 0.2) is 0 Å². The van der Waals surface area contributed by atoms with E-state index in [9.17, 15) is 18.3 Å². The van der Waals surface area contributed by atoms with Gasteiger partial charge in [-0.25, -0.2) is 13.1 Å². The van der Waals surface area contributed by atoms with Crippen LogP contribution >= 0.6 is 0 Å². The summed E-state index contributed by atoms with van der Waals surface area (Å²) in [7, 11) is -3.33. The fourth-order valence-electron chi connectivity index (χ4n) is 2.46. The van der Waals surface area contributed by atoms with Crippen LogP contribution in [0.3, 0.4) is 0 Å². The highest BCUT2D eigenvalue weighted by Gasteiger charge is 2.39. The van der Waals surface area contributed by atoms with Crippen LogP contribution in [0.4, 0.5) is 0 Å². The number of hydrogen-bond donors (Lipinski definition) is 2. The third-order valence-electron chi connectivity index (χ3n) is 3.62. The number of aliphatic carboxylic acids is 1. The number of sulfonamides is 1. The lowest BCUT2D eigenvalue weighted by atomic mass is 9.80. The van der Waals surface area contributed by atoms with Crippen molar-refractivity contribution in [3.63, 3.8) is 0 Å². The molecule has 1 fully saturated rings. The number of carboxylic acid groups (broad SMARTS) is 1. The molecular weight excluding hydrogens is 254 g/mol. The Balaban J connectivity index is 2.71. The van der Waals surface area contributed by atoms with Gasteiger partial charge in [-0.1, -0.05) is 32.6 Å². The maximum atomic E-state index is 11.6. The molecule has 1 saturated carbocycles. The van der Waals surface area contributed by atoms with Crippen molar-refractivity contribution in [3.05, 3.63) is 0 Å². The average molecular weight is 277 g/mol. The van der Waals surface area contributed by atoms with Gasteiger partial charge in [-0.2, -0.15) is 0 Å². The third-order valence-corrected chi connectivity index (χ3v) is 5.15. The Morgan fingerprint density at radius 2 is 1.78 bits per heavy atom. The zero-order valence-electron chi connectivity index (χ0n) is 10.9. The molecule has 2 N–H and O–H groups in total. The molecule has 106 valence electrons. The van der Waals surface area contributed by atoms with E-state index in [4.69, 9.17) is 0 Å². The summed E-state index contributed by atoms with van der Waals surface area (Å²) in [4.78, 5) is 11.5. The average Bonchev–Trinajstić information content (AvgIpc) is 2.53. The van der Waals surface area contributed by atoms with E-state index in [1.54, 1.807) is 6.92 Å². The van der Waals surface area contributed by atoms with Crippen LogP contribution in [-0.2, 0) is 14.8 Å². The summed E-state index contributed by atoms with van der Waals surface area (Å²) in [6.07, 6.45) is 5.47. The van der Waals surface area contributed by atoms with Gasteiger partial charge in [-0.05, 0) is 19.3 Å². The van der Waals surface area contributed by atoms with Gasteiger partial charge in [-0.3, -0.25) is 4.79 Å². The Kier molecular flexibility index (Phi) is 5.59. The molecule has 1 aliphatic rings. The smallest absolute Gasteiger partial charge is 0.310 e. The number of carbonyl (C=O) groups is 1. The van der Waals surface area contributed by atoms with Crippen molar-refractivity contribution in [3.8, 4) is 0 Å². The molecule has 0 bridgehead atoms. The summed E-state index contributed by atoms with van der Waals surface area (Å²) in [5.74, 6) is -0.813. The van der Waals surface area contributed by atoms with Crippen LogP contribution in [0.5, 0.6) is 0 Å². The van der Waals surface area contributed by atoms with Crippen molar-refractivity contribution in [1.82, 2.24) is 4.72 Å². The van der Waals surface area contributed by atoms with E-state index in [0.29, 0.717) is 19.3 Å². The topological polar surface area (TPSA) is 83.5 Å².